The molecule has 1 aromatic heterocycles. The Labute approximate surface area is 117 Å². The van der Waals surface area contributed by atoms with Gasteiger partial charge in [-0.1, -0.05) is 30.7 Å². The molecule has 0 radical (unpaired) electrons. The summed E-state index contributed by atoms with van der Waals surface area (Å²) >= 11 is 6.10. The number of benzene rings is 1. The summed E-state index contributed by atoms with van der Waals surface area (Å²) in [6, 6.07) is 9.23. The second kappa shape index (κ2) is 6.36. The van der Waals surface area contributed by atoms with Gasteiger partial charge < -0.3 is 10.7 Å². The monoisotopic (exact) mass is 277 g/mol. The molecule has 5 nitrogen and oxygen atoms in total. The molecular formula is C13H16ClN5. The Kier molecular flexibility index (Phi) is 4.54. The predicted octanol–water partition coefficient (Wildman–Crippen LogP) is 3.11. The van der Waals surface area contributed by atoms with Gasteiger partial charge in [0.05, 0.1) is 10.7 Å². The third-order valence-corrected chi connectivity index (χ3v) is 2.86. The van der Waals surface area contributed by atoms with Crippen LogP contribution in [0.3, 0.4) is 0 Å². The number of hydrogen-bond acceptors (Lipinski definition) is 5. The fourth-order valence-electron chi connectivity index (χ4n) is 1.67. The number of aryl methyl sites for hydroxylation is 1. The number of anilines is 3. The Morgan fingerprint density at radius 1 is 1.21 bits per heavy atom. The largest absolute Gasteiger partial charge is 0.339 e. The molecule has 0 aliphatic heterocycles. The van der Waals surface area contributed by atoms with E-state index in [1.165, 1.54) is 0 Å². The van der Waals surface area contributed by atoms with Crippen LogP contribution in [0.5, 0.6) is 0 Å². The highest BCUT2D eigenvalue weighted by molar-refractivity contribution is 6.33. The summed E-state index contributed by atoms with van der Waals surface area (Å²) < 4.78 is 0. The summed E-state index contributed by atoms with van der Waals surface area (Å²) in [7, 11) is 0. The molecule has 0 aliphatic rings. The van der Waals surface area contributed by atoms with Crippen molar-refractivity contribution in [2.75, 3.05) is 10.7 Å². The molecule has 0 unspecified atom stereocenters. The molecule has 0 saturated heterocycles. The molecule has 0 saturated carbocycles. The summed E-state index contributed by atoms with van der Waals surface area (Å²) in [6.45, 7) is 2.08. The number of para-hydroxylation sites is 1. The molecule has 1 heterocycles. The number of nitrogens with zero attached hydrogens (tertiary/aromatic N) is 2. The van der Waals surface area contributed by atoms with Crippen LogP contribution in [0.1, 0.15) is 19.2 Å². The molecule has 0 atom stereocenters. The third-order valence-electron chi connectivity index (χ3n) is 2.53. The van der Waals surface area contributed by atoms with E-state index in [9.17, 15) is 0 Å². The van der Waals surface area contributed by atoms with Crippen molar-refractivity contribution in [1.29, 1.82) is 0 Å². The van der Waals surface area contributed by atoms with Crippen LogP contribution in [-0.2, 0) is 6.42 Å². The topological polar surface area (TPSA) is 75.9 Å². The Morgan fingerprint density at radius 3 is 2.63 bits per heavy atom. The van der Waals surface area contributed by atoms with Crippen molar-refractivity contribution in [1.82, 2.24) is 9.97 Å². The maximum atomic E-state index is 6.10. The second-order valence-corrected chi connectivity index (χ2v) is 4.46. The van der Waals surface area contributed by atoms with Gasteiger partial charge in [-0.3, -0.25) is 0 Å². The van der Waals surface area contributed by atoms with Gasteiger partial charge in [-0.25, -0.2) is 15.8 Å². The van der Waals surface area contributed by atoms with Gasteiger partial charge in [0, 0.05) is 12.5 Å². The van der Waals surface area contributed by atoms with E-state index >= 15 is 0 Å². The fraction of sp³-hybridized carbons (Fsp3) is 0.231. The zero-order valence-corrected chi connectivity index (χ0v) is 11.4. The molecule has 100 valence electrons. The summed E-state index contributed by atoms with van der Waals surface area (Å²) in [6.07, 6.45) is 1.77. The van der Waals surface area contributed by atoms with E-state index in [0.717, 1.165) is 24.4 Å². The van der Waals surface area contributed by atoms with Crippen molar-refractivity contribution in [2.45, 2.75) is 19.8 Å². The Morgan fingerprint density at radius 2 is 1.95 bits per heavy atom. The van der Waals surface area contributed by atoms with Gasteiger partial charge in [-0.05, 0) is 18.6 Å². The highest BCUT2D eigenvalue weighted by Crippen LogP contribution is 2.24. The lowest BCUT2D eigenvalue weighted by molar-refractivity contribution is 0.837. The van der Waals surface area contributed by atoms with Gasteiger partial charge >= 0.3 is 0 Å². The SMILES string of the molecule is CCCc1nc(NN)cc(Nc2ccccc2Cl)n1. The minimum atomic E-state index is 0.577. The number of nitrogens with two attached hydrogens (primary N) is 1. The molecule has 0 spiro atoms. The standard InChI is InChI=1S/C13H16ClN5/c1-2-5-11-17-12(8-13(18-11)19-15)16-10-7-4-3-6-9(10)14/h3-4,6-8H,2,5,15H2,1H3,(H2,16,17,18,19). The number of nitrogens with one attached hydrogen (secondary N) is 2. The van der Waals surface area contributed by atoms with E-state index in [0.29, 0.717) is 16.7 Å². The molecule has 0 bridgehead atoms. The molecule has 0 aliphatic carbocycles. The van der Waals surface area contributed by atoms with Crippen LogP contribution in [0.15, 0.2) is 30.3 Å². The number of nitrogen functional groups attached to an aromatic ring is 1. The van der Waals surface area contributed by atoms with Crippen molar-refractivity contribution in [3.8, 4) is 0 Å². The highest BCUT2D eigenvalue weighted by atomic mass is 35.5. The van der Waals surface area contributed by atoms with Crippen LogP contribution < -0.4 is 16.6 Å². The second-order valence-electron chi connectivity index (χ2n) is 4.05. The van der Waals surface area contributed by atoms with Gasteiger partial charge in [0.2, 0.25) is 0 Å². The minimum absolute atomic E-state index is 0.577. The van der Waals surface area contributed by atoms with E-state index in [2.05, 4.69) is 27.6 Å². The van der Waals surface area contributed by atoms with Gasteiger partial charge in [0.1, 0.15) is 17.5 Å². The van der Waals surface area contributed by atoms with E-state index in [1.54, 1.807) is 6.07 Å². The number of rotatable bonds is 5. The smallest absolute Gasteiger partial charge is 0.145 e. The van der Waals surface area contributed by atoms with Crippen LogP contribution in [0.25, 0.3) is 0 Å². The first-order valence-electron chi connectivity index (χ1n) is 6.09. The lowest BCUT2D eigenvalue weighted by atomic mass is 10.3. The van der Waals surface area contributed by atoms with E-state index in [1.807, 2.05) is 24.3 Å². The average molecular weight is 278 g/mol. The summed E-state index contributed by atoms with van der Waals surface area (Å²) in [5, 5.41) is 3.81. The highest BCUT2D eigenvalue weighted by Gasteiger charge is 2.05. The first-order valence-corrected chi connectivity index (χ1v) is 6.47. The van der Waals surface area contributed by atoms with Crippen molar-refractivity contribution < 1.29 is 0 Å². The zero-order chi connectivity index (χ0) is 13.7. The maximum absolute atomic E-state index is 6.10. The van der Waals surface area contributed by atoms with Crippen LogP contribution in [0.2, 0.25) is 5.02 Å². The third kappa shape index (κ3) is 3.56. The number of hydrazine groups is 1. The fourth-order valence-corrected chi connectivity index (χ4v) is 1.85. The zero-order valence-electron chi connectivity index (χ0n) is 10.7. The molecule has 2 aromatic rings. The van der Waals surface area contributed by atoms with Crippen molar-refractivity contribution >= 4 is 28.9 Å². The number of aromatic nitrogens is 2. The molecule has 0 fully saturated rings. The van der Waals surface area contributed by atoms with Gasteiger partial charge in [0.15, 0.2) is 0 Å². The lowest BCUT2D eigenvalue weighted by Crippen LogP contribution is -2.11. The summed E-state index contributed by atoms with van der Waals surface area (Å²) in [4.78, 5) is 8.72. The Bertz CT molecular complexity index is 558. The summed E-state index contributed by atoms with van der Waals surface area (Å²) in [5.74, 6) is 7.40. The quantitative estimate of drug-likeness (QED) is 0.578. The maximum Gasteiger partial charge on any atom is 0.145 e. The molecular weight excluding hydrogens is 262 g/mol. The van der Waals surface area contributed by atoms with Crippen LogP contribution in [0.4, 0.5) is 17.3 Å². The Hall–Kier alpha value is -1.85. The molecule has 1 aromatic carbocycles. The van der Waals surface area contributed by atoms with Crippen molar-refractivity contribution in [2.24, 2.45) is 5.84 Å². The van der Waals surface area contributed by atoms with Crippen molar-refractivity contribution in [3.63, 3.8) is 0 Å². The molecule has 6 heteroatoms. The first kappa shape index (κ1) is 13.6. The minimum Gasteiger partial charge on any atom is -0.339 e. The number of halogens is 1. The molecule has 19 heavy (non-hydrogen) atoms. The van der Waals surface area contributed by atoms with Crippen LogP contribution in [0, 0.1) is 0 Å². The van der Waals surface area contributed by atoms with E-state index in [4.69, 9.17) is 17.4 Å². The van der Waals surface area contributed by atoms with Crippen molar-refractivity contribution in [3.05, 3.63) is 41.2 Å². The van der Waals surface area contributed by atoms with E-state index in [-0.39, 0.29) is 0 Å². The number of hydrogen-bond donors (Lipinski definition) is 3. The van der Waals surface area contributed by atoms with Crippen LogP contribution in [-0.4, -0.2) is 9.97 Å². The summed E-state index contributed by atoms with van der Waals surface area (Å²) in [5.41, 5.74) is 3.34. The van der Waals surface area contributed by atoms with Gasteiger partial charge in [0.25, 0.3) is 0 Å². The molecule has 4 N–H and O–H groups in total. The lowest BCUT2D eigenvalue weighted by Gasteiger charge is -2.10. The normalized spacial score (nSPS) is 10.3. The average Bonchev–Trinajstić information content (AvgIpc) is 2.41. The first-order chi connectivity index (χ1) is 9.22. The molecule has 2 rings (SSSR count). The van der Waals surface area contributed by atoms with Crippen LogP contribution >= 0.6 is 11.6 Å². The Balaban J connectivity index is 2.29. The van der Waals surface area contributed by atoms with E-state index < -0.39 is 0 Å². The van der Waals surface area contributed by atoms with Gasteiger partial charge in [-0.15, -0.1) is 0 Å². The molecule has 0 amide bonds. The van der Waals surface area contributed by atoms with Gasteiger partial charge in [-0.2, -0.15) is 0 Å². The predicted molar refractivity (Wildman–Crippen MR) is 78.6 cm³/mol.